The topological polar surface area (TPSA) is 73.0 Å². The second-order valence-corrected chi connectivity index (χ2v) is 8.12. The minimum atomic E-state index is -0.236. The molecule has 0 aliphatic heterocycles. The van der Waals surface area contributed by atoms with Crippen molar-refractivity contribution < 1.29 is 9.21 Å². The number of fused-ring (bicyclic) bond motifs is 3. The van der Waals surface area contributed by atoms with E-state index in [9.17, 15) is 4.79 Å². The van der Waals surface area contributed by atoms with Crippen molar-refractivity contribution in [2.45, 2.75) is 32.9 Å². The van der Waals surface area contributed by atoms with Crippen LogP contribution in [0.15, 0.2) is 59.3 Å². The number of nitrogens with zero attached hydrogens (tertiary/aromatic N) is 3. The van der Waals surface area contributed by atoms with E-state index in [0.717, 1.165) is 51.7 Å². The van der Waals surface area contributed by atoms with Crippen molar-refractivity contribution in [3.05, 3.63) is 93.8 Å². The van der Waals surface area contributed by atoms with Crippen LogP contribution in [0.25, 0.3) is 11.3 Å². The second kappa shape index (κ2) is 8.04. The normalized spacial score (nSPS) is 12.3. The molecule has 5 rings (SSSR count). The van der Waals surface area contributed by atoms with Crippen molar-refractivity contribution in [3.63, 3.8) is 0 Å². The molecular weight excluding hydrogens is 412 g/mol. The summed E-state index contributed by atoms with van der Waals surface area (Å²) >= 11 is 5.99. The first-order valence-electron chi connectivity index (χ1n) is 10.2. The first-order chi connectivity index (χ1) is 15.1. The first kappa shape index (κ1) is 19.6. The molecule has 7 heteroatoms. The number of carbonyl (C=O) groups is 1. The van der Waals surface area contributed by atoms with Gasteiger partial charge >= 0.3 is 0 Å². The summed E-state index contributed by atoms with van der Waals surface area (Å²) in [6, 6.07) is 13.4. The average Bonchev–Trinajstić information content (AvgIpc) is 3.34. The molecule has 0 spiro atoms. The molecule has 0 saturated carbocycles. The Kier molecular flexibility index (Phi) is 5.08. The molecule has 156 valence electrons. The van der Waals surface area contributed by atoms with Gasteiger partial charge < -0.3 is 9.73 Å². The summed E-state index contributed by atoms with van der Waals surface area (Å²) in [6.45, 7) is 2.94. The third-order valence-corrected chi connectivity index (χ3v) is 5.79. The fraction of sp³-hybridized carbons (Fsp3) is 0.208. The van der Waals surface area contributed by atoms with Gasteiger partial charge in [0.15, 0.2) is 5.76 Å². The van der Waals surface area contributed by atoms with Crippen molar-refractivity contribution in [2.75, 3.05) is 0 Å². The number of nitrogens with one attached hydrogen (secondary N) is 1. The zero-order valence-electron chi connectivity index (χ0n) is 17.1. The third-order valence-electron chi connectivity index (χ3n) is 5.54. The van der Waals surface area contributed by atoms with Gasteiger partial charge in [-0.1, -0.05) is 29.8 Å². The molecular formula is C24H21ClN4O2. The van der Waals surface area contributed by atoms with Crippen LogP contribution in [0, 0.1) is 6.92 Å². The zero-order valence-corrected chi connectivity index (χ0v) is 17.8. The molecule has 1 N–H and O–H groups in total. The van der Waals surface area contributed by atoms with E-state index in [1.165, 1.54) is 5.56 Å². The predicted octanol–water partition coefficient (Wildman–Crippen LogP) is 4.58. The van der Waals surface area contributed by atoms with Gasteiger partial charge in [0.1, 0.15) is 5.76 Å². The van der Waals surface area contributed by atoms with Gasteiger partial charge in [-0.05, 0) is 48.7 Å². The van der Waals surface area contributed by atoms with Crippen LogP contribution < -0.4 is 5.32 Å². The van der Waals surface area contributed by atoms with Crippen LogP contribution >= 0.6 is 11.6 Å². The fourth-order valence-electron chi connectivity index (χ4n) is 3.99. The molecule has 1 aliphatic rings. The lowest BCUT2D eigenvalue weighted by molar-refractivity contribution is 0.0920. The summed E-state index contributed by atoms with van der Waals surface area (Å²) in [6.07, 6.45) is 5.38. The summed E-state index contributed by atoms with van der Waals surface area (Å²) in [5, 5.41) is 8.44. The molecule has 0 atom stereocenters. The van der Waals surface area contributed by atoms with Crippen LogP contribution in [-0.2, 0) is 25.9 Å². The van der Waals surface area contributed by atoms with Crippen LogP contribution in [0.2, 0.25) is 5.02 Å². The van der Waals surface area contributed by atoms with Gasteiger partial charge in [-0.15, -0.1) is 0 Å². The highest BCUT2D eigenvalue weighted by Crippen LogP contribution is 2.38. The van der Waals surface area contributed by atoms with E-state index in [2.05, 4.69) is 16.5 Å². The highest BCUT2D eigenvalue weighted by atomic mass is 35.5. The maximum atomic E-state index is 12.8. The largest absolute Gasteiger partial charge is 0.455 e. The van der Waals surface area contributed by atoms with Crippen molar-refractivity contribution in [1.82, 2.24) is 20.1 Å². The molecule has 0 radical (unpaired) electrons. The Morgan fingerprint density at radius 3 is 2.81 bits per heavy atom. The molecule has 3 heterocycles. The Bertz CT molecular complexity index is 1240. The zero-order chi connectivity index (χ0) is 21.4. The first-order valence-corrected chi connectivity index (χ1v) is 10.6. The van der Waals surface area contributed by atoms with E-state index in [-0.39, 0.29) is 5.91 Å². The summed E-state index contributed by atoms with van der Waals surface area (Å²) < 4.78 is 7.93. The van der Waals surface area contributed by atoms with Gasteiger partial charge in [0, 0.05) is 35.0 Å². The lowest BCUT2D eigenvalue weighted by Gasteiger charge is -2.09. The van der Waals surface area contributed by atoms with Crippen molar-refractivity contribution in [1.29, 1.82) is 0 Å². The van der Waals surface area contributed by atoms with Crippen LogP contribution in [0.1, 0.15) is 38.7 Å². The number of benzene rings is 1. The van der Waals surface area contributed by atoms with Crippen molar-refractivity contribution in [3.8, 4) is 11.3 Å². The summed E-state index contributed by atoms with van der Waals surface area (Å²) in [7, 11) is 0. The molecule has 1 aromatic carbocycles. The number of furan rings is 1. The summed E-state index contributed by atoms with van der Waals surface area (Å²) in [5.41, 5.74) is 5.77. The van der Waals surface area contributed by atoms with Gasteiger partial charge in [0.2, 0.25) is 0 Å². The number of aromatic nitrogens is 3. The summed E-state index contributed by atoms with van der Waals surface area (Å²) in [4.78, 5) is 17.0. The number of hydrogen-bond acceptors (Lipinski definition) is 4. The van der Waals surface area contributed by atoms with E-state index in [4.69, 9.17) is 21.1 Å². The minimum absolute atomic E-state index is 0.236. The van der Waals surface area contributed by atoms with Crippen molar-refractivity contribution in [2.24, 2.45) is 0 Å². The molecule has 1 amide bonds. The highest BCUT2D eigenvalue weighted by molar-refractivity contribution is 6.30. The number of halogens is 1. The maximum absolute atomic E-state index is 12.8. The number of amides is 1. The molecule has 4 aromatic rings. The van der Waals surface area contributed by atoms with Gasteiger partial charge in [-0.25, -0.2) is 0 Å². The van der Waals surface area contributed by atoms with E-state index >= 15 is 0 Å². The Morgan fingerprint density at radius 2 is 2.03 bits per heavy atom. The van der Waals surface area contributed by atoms with Gasteiger partial charge in [-0.2, -0.15) is 5.10 Å². The number of rotatable bonds is 5. The standard InChI is InChI=1S/C24H21ClN4O2/c1-15-21-20(31-23(15)24(30)27-12-19-4-2-3-11-26-19)10-7-17-14-29(28-22(17)21)13-16-5-8-18(25)9-6-16/h2-6,8-9,11,14H,7,10,12-13H2,1H3,(H,27,30). The molecule has 1 aliphatic carbocycles. The quantitative estimate of drug-likeness (QED) is 0.501. The van der Waals surface area contributed by atoms with E-state index in [1.807, 2.05) is 54.1 Å². The van der Waals surface area contributed by atoms with Crippen LogP contribution in [-0.4, -0.2) is 20.7 Å². The SMILES string of the molecule is Cc1c(C(=O)NCc2ccccn2)oc2c1-c1nn(Cc3ccc(Cl)cc3)cc1CC2. The van der Waals surface area contributed by atoms with Crippen molar-refractivity contribution >= 4 is 17.5 Å². The lowest BCUT2D eigenvalue weighted by atomic mass is 9.93. The van der Waals surface area contributed by atoms with Crippen LogP contribution in [0.5, 0.6) is 0 Å². The molecule has 0 unspecified atom stereocenters. The molecule has 6 nitrogen and oxygen atoms in total. The molecule has 3 aromatic heterocycles. The second-order valence-electron chi connectivity index (χ2n) is 7.69. The summed E-state index contributed by atoms with van der Waals surface area (Å²) in [5.74, 6) is 0.936. The van der Waals surface area contributed by atoms with Crippen LogP contribution in [0.3, 0.4) is 0 Å². The molecule has 0 fully saturated rings. The minimum Gasteiger partial charge on any atom is -0.455 e. The maximum Gasteiger partial charge on any atom is 0.287 e. The predicted molar refractivity (Wildman–Crippen MR) is 118 cm³/mol. The number of hydrogen-bond donors (Lipinski definition) is 1. The molecule has 0 bridgehead atoms. The monoisotopic (exact) mass is 432 g/mol. The Labute approximate surface area is 184 Å². The van der Waals surface area contributed by atoms with Gasteiger partial charge in [0.05, 0.1) is 24.5 Å². The highest BCUT2D eigenvalue weighted by Gasteiger charge is 2.29. The molecule has 0 saturated heterocycles. The van der Waals surface area contributed by atoms with Gasteiger partial charge in [0.25, 0.3) is 5.91 Å². The smallest absolute Gasteiger partial charge is 0.287 e. The molecule has 31 heavy (non-hydrogen) atoms. The Balaban J connectivity index is 1.39. The third kappa shape index (κ3) is 3.86. The lowest BCUT2D eigenvalue weighted by Crippen LogP contribution is -2.23. The van der Waals surface area contributed by atoms with Gasteiger partial charge in [-0.3, -0.25) is 14.5 Å². The number of aryl methyl sites for hydroxylation is 2. The Morgan fingerprint density at radius 1 is 1.19 bits per heavy atom. The van der Waals surface area contributed by atoms with E-state index in [1.54, 1.807) is 6.20 Å². The van der Waals surface area contributed by atoms with E-state index in [0.29, 0.717) is 18.8 Å². The Hall–Kier alpha value is -3.38. The number of carbonyl (C=O) groups excluding carboxylic acids is 1. The fourth-order valence-corrected chi connectivity index (χ4v) is 4.12. The average molecular weight is 433 g/mol. The van der Waals surface area contributed by atoms with Crippen LogP contribution in [0.4, 0.5) is 0 Å². The number of pyridine rings is 1. The van der Waals surface area contributed by atoms with E-state index < -0.39 is 0 Å².